The summed E-state index contributed by atoms with van der Waals surface area (Å²) in [5, 5.41) is 12.6. The zero-order valence-electron chi connectivity index (χ0n) is 20.0. The van der Waals surface area contributed by atoms with Gasteiger partial charge in [-0.2, -0.15) is 0 Å². The quantitative estimate of drug-likeness (QED) is 0.437. The normalized spacial score (nSPS) is 13.1. The first-order chi connectivity index (χ1) is 15.8. The van der Waals surface area contributed by atoms with Gasteiger partial charge < -0.3 is 26.8 Å². The number of nitrogens with two attached hydrogens (primary N) is 2. The molecule has 0 saturated heterocycles. The Morgan fingerprint density at radius 1 is 1.06 bits per heavy atom. The van der Waals surface area contributed by atoms with Crippen LogP contribution >= 0.6 is 0 Å². The van der Waals surface area contributed by atoms with Gasteiger partial charge in [0.1, 0.15) is 17.6 Å². The number of nitrogens with one attached hydrogen (secondary N) is 1. The summed E-state index contributed by atoms with van der Waals surface area (Å²) in [7, 11) is 1.44. The molecule has 0 heterocycles. The van der Waals surface area contributed by atoms with Gasteiger partial charge in [0.25, 0.3) is 0 Å². The van der Waals surface area contributed by atoms with E-state index in [-0.39, 0.29) is 36.4 Å². The highest BCUT2D eigenvalue weighted by Crippen LogP contribution is 2.31. The molecule has 0 aliphatic rings. The third kappa shape index (κ3) is 7.28. The van der Waals surface area contributed by atoms with Crippen LogP contribution in [0.5, 0.6) is 5.75 Å². The fourth-order valence-corrected chi connectivity index (χ4v) is 3.52. The van der Waals surface area contributed by atoms with Crippen molar-refractivity contribution in [3.05, 3.63) is 65.0 Å². The molecule has 0 bridgehead atoms. The Morgan fingerprint density at radius 2 is 1.65 bits per heavy atom. The Kier molecular flexibility index (Phi) is 8.75. The van der Waals surface area contributed by atoms with E-state index in [0.717, 1.165) is 5.56 Å². The number of phenols is 1. The zero-order chi connectivity index (χ0) is 25.6. The number of hydrogen-bond donors (Lipinski definition) is 4. The molecule has 0 fully saturated rings. The van der Waals surface area contributed by atoms with Gasteiger partial charge in [-0.15, -0.1) is 0 Å². The zero-order valence-corrected chi connectivity index (χ0v) is 20.0. The average Bonchev–Trinajstić information content (AvgIpc) is 2.76. The summed E-state index contributed by atoms with van der Waals surface area (Å²) < 4.78 is 13.0. The van der Waals surface area contributed by atoms with Gasteiger partial charge in [-0.3, -0.25) is 14.4 Å². The van der Waals surface area contributed by atoms with Crippen molar-refractivity contribution in [3.8, 4) is 5.75 Å². The molecular weight excluding hydrogens is 439 g/mol. The first kappa shape index (κ1) is 26.8. The molecule has 2 aromatic carbocycles. The number of primary amides is 1. The van der Waals surface area contributed by atoms with E-state index < -0.39 is 29.8 Å². The van der Waals surface area contributed by atoms with Gasteiger partial charge in [-0.1, -0.05) is 45.0 Å². The van der Waals surface area contributed by atoms with Gasteiger partial charge in [0, 0.05) is 13.5 Å². The second-order valence-corrected chi connectivity index (χ2v) is 9.38. The maximum Gasteiger partial charge on any atom is 0.242 e. The molecule has 0 spiro atoms. The van der Waals surface area contributed by atoms with Crippen LogP contribution in [0, 0.1) is 5.82 Å². The molecule has 0 radical (unpaired) electrons. The fourth-order valence-electron chi connectivity index (χ4n) is 3.52. The van der Waals surface area contributed by atoms with Crippen LogP contribution in [-0.2, 0) is 32.6 Å². The monoisotopic (exact) mass is 472 g/mol. The Labute approximate surface area is 199 Å². The molecule has 2 rings (SSSR count). The molecule has 34 heavy (non-hydrogen) atoms. The number of rotatable bonds is 9. The summed E-state index contributed by atoms with van der Waals surface area (Å²) in [6.45, 7) is 5.50. The summed E-state index contributed by atoms with van der Waals surface area (Å²) in [5.74, 6) is -1.99. The second-order valence-electron chi connectivity index (χ2n) is 9.38. The smallest absolute Gasteiger partial charge is 0.242 e. The van der Waals surface area contributed by atoms with Crippen LogP contribution in [0.25, 0.3) is 0 Å². The molecule has 2 aromatic rings. The lowest BCUT2D eigenvalue weighted by molar-refractivity contribution is -0.138. The molecule has 6 N–H and O–H groups in total. The first-order valence-electron chi connectivity index (χ1n) is 10.9. The molecule has 184 valence electrons. The second kappa shape index (κ2) is 11.1. The molecule has 0 aromatic heterocycles. The number of carbonyl (C=O) groups is 3. The highest BCUT2D eigenvalue weighted by Gasteiger charge is 2.27. The summed E-state index contributed by atoms with van der Waals surface area (Å²) in [4.78, 5) is 38.3. The van der Waals surface area contributed by atoms with Gasteiger partial charge in [-0.05, 0) is 46.7 Å². The van der Waals surface area contributed by atoms with Crippen molar-refractivity contribution in [2.75, 3.05) is 13.6 Å². The maximum absolute atomic E-state index is 13.0. The molecule has 0 unspecified atom stereocenters. The minimum absolute atomic E-state index is 0.149. The number of hydrogen-bond acceptors (Lipinski definition) is 5. The van der Waals surface area contributed by atoms with Crippen molar-refractivity contribution in [2.45, 2.75) is 51.1 Å². The van der Waals surface area contributed by atoms with Crippen molar-refractivity contribution in [2.24, 2.45) is 11.5 Å². The van der Waals surface area contributed by atoms with E-state index in [0.29, 0.717) is 11.1 Å². The van der Waals surface area contributed by atoms with Gasteiger partial charge in [0.2, 0.25) is 17.7 Å². The van der Waals surface area contributed by atoms with Crippen molar-refractivity contribution in [1.29, 1.82) is 0 Å². The van der Waals surface area contributed by atoms with E-state index in [4.69, 9.17) is 11.5 Å². The number of aromatic hydroxyl groups is 1. The lowest BCUT2D eigenvalue weighted by Crippen LogP contribution is -2.51. The molecule has 0 aliphatic carbocycles. The van der Waals surface area contributed by atoms with Gasteiger partial charge in [0.15, 0.2) is 0 Å². The van der Waals surface area contributed by atoms with Crippen LogP contribution in [-0.4, -0.2) is 53.4 Å². The number of carbonyl (C=O) groups excluding carboxylic acids is 3. The summed E-state index contributed by atoms with van der Waals surface area (Å²) in [6.07, 6.45) is 0.329. The van der Waals surface area contributed by atoms with Crippen molar-refractivity contribution in [3.63, 3.8) is 0 Å². The average molecular weight is 473 g/mol. The van der Waals surface area contributed by atoms with Crippen molar-refractivity contribution in [1.82, 2.24) is 10.2 Å². The Morgan fingerprint density at radius 3 is 2.21 bits per heavy atom. The molecule has 9 heteroatoms. The Balaban J connectivity index is 2.00. The van der Waals surface area contributed by atoms with Crippen LogP contribution in [0.4, 0.5) is 4.39 Å². The molecule has 3 amide bonds. The van der Waals surface area contributed by atoms with E-state index in [1.165, 1.54) is 36.2 Å². The topological polar surface area (TPSA) is 139 Å². The lowest BCUT2D eigenvalue weighted by Gasteiger charge is -2.27. The third-order valence-electron chi connectivity index (χ3n) is 5.61. The van der Waals surface area contributed by atoms with Crippen LogP contribution in [0.2, 0.25) is 0 Å². The first-order valence-corrected chi connectivity index (χ1v) is 10.9. The number of likely N-dealkylation sites (N-methyl/N-ethyl adjacent to an activating group) is 1. The summed E-state index contributed by atoms with van der Waals surface area (Å²) >= 11 is 0. The third-order valence-corrected chi connectivity index (χ3v) is 5.61. The number of phenolic OH excluding ortho intramolecular Hbond substituents is 1. The van der Waals surface area contributed by atoms with Gasteiger partial charge >= 0.3 is 0 Å². The van der Waals surface area contributed by atoms with E-state index in [2.05, 4.69) is 5.32 Å². The number of amides is 3. The van der Waals surface area contributed by atoms with E-state index >= 15 is 0 Å². The standard InChI is InChI=1S/C25H33FN4O4/c1-25(2,3)18-11-16(7-10-21(18)31)13-20(23(28)33)30(4)22(32)14-29-24(34)19(27)12-15-5-8-17(26)9-6-15/h5-11,19-20,31H,12-14,27H2,1-4H3,(H2,28,33)(H,29,34)/t19-,20-/m0/s1. The molecule has 8 nitrogen and oxygen atoms in total. The summed E-state index contributed by atoms with van der Waals surface area (Å²) in [5.41, 5.74) is 13.3. The van der Waals surface area contributed by atoms with E-state index in [1.807, 2.05) is 20.8 Å². The maximum atomic E-state index is 13.0. The minimum atomic E-state index is -0.949. The number of nitrogens with zero attached hydrogens (tertiary/aromatic N) is 1. The van der Waals surface area contributed by atoms with Crippen LogP contribution in [0.3, 0.4) is 0 Å². The highest BCUT2D eigenvalue weighted by atomic mass is 19.1. The van der Waals surface area contributed by atoms with Crippen LogP contribution in [0.15, 0.2) is 42.5 Å². The van der Waals surface area contributed by atoms with Crippen molar-refractivity contribution < 1.29 is 23.9 Å². The van der Waals surface area contributed by atoms with E-state index in [9.17, 15) is 23.9 Å². The minimum Gasteiger partial charge on any atom is -0.508 e. The Bertz CT molecular complexity index is 1030. The largest absolute Gasteiger partial charge is 0.508 e. The molecule has 2 atom stereocenters. The highest BCUT2D eigenvalue weighted by molar-refractivity contribution is 5.90. The Hall–Kier alpha value is -3.46. The van der Waals surface area contributed by atoms with E-state index in [1.54, 1.807) is 18.2 Å². The van der Waals surface area contributed by atoms with Crippen molar-refractivity contribution >= 4 is 17.7 Å². The lowest BCUT2D eigenvalue weighted by atomic mass is 9.84. The molecular formula is C25H33FN4O4. The fraction of sp³-hybridized carbons (Fsp3) is 0.400. The van der Waals surface area contributed by atoms with Gasteiger partial charge in [0.05, 0.1) is 12.6 Å². The van der Waals surface area contributed by atoms with Crippen LogP contribution < -0.4 is 16.8 Å². The number of halogens is 1. The molecule has 0 saturated carbocycles. The predicted molar refractivity (Wildman–Crippen MR) is 127 cm³/mol. The predicted octanol–water partition coefficient (Wildman–Crippen LogP) is 1.37. The SMILES string of the molecule is CN(C(=O)CNC(=O)[C@@H](N)Cc1ccc(F)cc1)[C@@H](Cc1ccc(O)c(C(C)(C)C)c1)C(N)=O. The summed E-state index contributed by atoms with van der Waals surface area (Å²) in [6, 6.07) is 8.77. The number of benzene rings is 2. The van der Waals surface area contributed by atoms with Gasteiger partial charge in [-0.25, -0.2) is 4.39 Å². The van der Waals surface area contributed by atoms with Crippen LogP contribution in [0.1, 0.15) is 37.5 Å². The molecule has 0 aliphatic heterocycles.